The molecular formula is C14H17FO3. The minimum Gasteiger partial charge on any atom is -0.487 e. The van der Waals surface area contributed by atoms with Crippen LogP contribution in [0.1, 0.15) is 37.4 Å². The van der Waals surface area contributed by atoms with Gasteiger partial charge in [0.2, 0.25) is 0 Å². The highest BCUT2D eigenvalue weighted by Gasteiger charge is 2.40. The number of rotatable bonds is 0. The normalized spacial score (nSPS) is 31.6. The Hall–Kier alpha value is -1.13. The van der Waals surface area contributed by atoms with E-state index in [2.05, 4.69) is 0 Å². The minimum atomic E-state index is -0.650. The highest BCUT2D eigenvalue weighted by Crippen LogP contribution is 2.44. The molecule has 0 aromatic heterocycles. The molecule has 1 fully saturated rings. The van der Waals surface area contributed by atoms with Crippen LogP contribution in [0.25, 0.3) is 0 Å². The first-order valence-corrected chi connectivity index (χ1v) is 6.43. The third-order valence-corrected chi connectivity index (χ3v) is 3.85. The van der Waals surface area contributed by atoms with Crippen molar-refractivity contribution in [1.82, 2.24) is 0 Å². The summed E-state index contributed by atoms with van der Waals surface area (Å²) in [7, 11) is 0. The Morgan fingerprint density at radius 2 is 2.17 bits per heavy atom. The predicted molar refractivity (Wildman–Crippen MR) is 64.0 cm³/mol. The van der Waals surface area contributed by atoms with Gasteiger partial charge < -0.3 is 14.6 Å². The van der Waals surface area contributed by atoms with Crippen molar-refractivity contribution >= 4 is 0 Å². The van der Waals surface area contributed by atoms with E-state index in [4.69, 9.17) is 9.47 Å². The number of halogens is 1. The largest absolute Gasteiger partial charge is 0.487 e. The van der Waals surface area contributed by atoms with Crippen molar-refractivity contribution in [2.45, 2.75) is 37.4 Å². The van der Waals surface area contributed by atoms with Gasteiger partial charge in [0.25, 0.3) is 0 Å². The zero-order valence-corrected chi connectivity index (χ0v) is 10.2. The summed E-state index contributed by atoms with van der Waals surface area (Å²) in [5, 5.41) is 10.2. The van der Waals surface area contributed by atoms with Crippen LogP contribution < -0.4 is 4.74 Å². The molecule has 1 spiro atoms. The van der Waals surface area contributed by atoms with E-state index >= 15 is 0 Å². The summed E-state index contributed by atoms with van der Waals surface area (Å²) in [6, 6.07) is 4.35. The van der Waals surface area contributed by atoms with Gasteiger partial charge in [-0.2, -0.15) is 0 Å². The van der Waals surface area contributed by atoms with Gasteiger partial charge in [-0.25, -0.2) is 4.39 Å². The van der Waals surface area contributed by atoms with Crippen molar-refractivity contribution in [2.24, 2.45) is 0 Å². The molecule has 0 radical (unpaired) electrons. The third-order valence-electron chi connectivity index (χ3n) is 3.85. The van der Waals surface area contributed by atoms with E-state index in [0.29, 0.717) is 24.3 Å². The molecule has 1 unspecified atom stereocenters. The number of fused-ring (bicyclic) bond motifs is 1. The highest BCUT2D eigenvalue weighted by atomic mass is 19.1. The average molecular weight is 252 g/mol. The molecule has 98 valence electrons. The van der Waals surface area contributed by atoms with Crippen LogP contribution in [0.2, 0.25) is 0 Å². The first-order valence-electron chi connectivity index (χ1n) is 6.43. The lowest BCUT2D eigenvalue weighted by molar-refractivity contribution is -0.0273. The van der Waals surface area contributed by atoms with Gasteiger partial charge in [-0.05, 0) is 31.0 Å². The molecule has 1 aromatic carbocycles. The Kier molecular flexibility index (Phi) is 2.99. The van der Waals surface area contributed by atoms with Crippen LogP contribution in [0.4, 0.5) is 4.39 Å². The third kappa shape index (κ3) is 2.10. The Morgan fingerprint density at radius 3 is 3.06 bits per heavy atom. The summed E-state index contributed by atoms with van der Waals surface area (Å²) in [6.45, 7) is 1.40. The lowest BCUT2D eigenvalue weighted by atomic mass is 9.83. The minimum absolute atomic E-state index is 0.337. The highest BCUT2D eigenvalue weighted by molar-refractivity contribution is 5.38. The molecule has 3 rings (SSSR count). The van der Waals surface area contributed by atoms with E-state index in [9.17, 15) is 9.50 Å². The standard InChI is InChI=1S/C14H17FO3/c15-10-2-3-13-11(8-10)12(16)9-14(18-13)4-1-6-17-7-5-14/h2-3,8,12,16H,1,4-7,9H2/t12-,14?/m1/s1. The van der Waals surface area contributed by atoms with E-state index in [0.717, 1.165) is 25.9 Å². The van der Waals surface area contributed by atoms with Crippen LogP contribution in [0.15, 0.2) is 18.2 Å². The maximum Gasteiger partial charge on any atom is 0.126 e. The number of ether oxygens (including phenoxy) is 2. The van der Waals surface area contributed by atoms with Crippen molar-refractivity contribution in [1.29, 1.82) is 0 Å². The van der Waals surface area contributed by atoms with Crippen LogP contribution >= 0.6 is 0 Å². The lowest BCUT2D eigenvalue weighted by Crippen LogP contribution is -2.41. The van der Waals surface area contributed by atoms with E-state index < -0.39 is 6.10 Å². The molecule has 2 atom stereocenters. The molecule has 4 heteroatoms. The SMILES string of the molecule is O[C@@H]1CC2(CCCOCC2)Oc2ccc(F)cc21. The van der Waals surface area contributed by atoms with Crippen molar-refractivity contribution in [2.75, 3.05) is 13.2 Å². The molecule has 0 aliphatic carbocycles. The van der Waals surface area contributed by atoms with E-state index in [1.54, 1.807) is 6.07 Å². The molecule has 0 amide bonds. The molecule has 2 heterocycles. The molecule has 0 saturated carbocycles. The molecule has 18 heavy (non-hydrogen) atoms. The van der Waals surface area contributed by atoms with Gasteiger partial charge >= 0.3 is 0 Å². The van der Waals surface area contributed by atoms with Crippen LogP contribution in [-0.4, -0.2) is 23.9 Å². The molecule has 1 aromatic rings. The molecule has 3 nitrogen and oxygen atoms in total. The Balaban J connectivity index is 1.92. The summed E-state index contributed by atoms with van der Waals surface area (Å²) < 4.78 is 24.7. The molecule has 1 N–H and O–H groups in total. The number of hydrogen-bond acceptors (Lipinski definition) is 3. The van der Waals surface area contributed by atoms with Crippen molar-refractivity contribution in [3.8, 4) is 5.75 Å². The monoisotopic (exact) mass is 252 g/mol. The number of hydrogen-bond donors (Lipinski definition) is 1. The summed E-state index contributed by atoms with van der Waals surface area (Å²) in [5.74, 6) is 0.272. The number of aliphatic hydroxyl groups excluding tert-OH is 1. The summed E-state index contributed by atoms with van der Waals surface area (Å²) in [5.41, 5.74) is 0.214. The number of aliphatic hydroxyl groups is 1. The molecule has 2 aliphatic rings. The van der Waals surface area contributed by atoms with Crippen LogP contribution in [0.5, 0.6) is 5.75 Å². The Bertz CT molecular complexity index is 439. The fourth-order valence-corrected chi connectivity index (χ4v) is 2.90. The number of benzene rings is 1. The quantitative estimate of drug-likeness (QED) is 0.771. The first kappa shape index (κ1) is 11.9. The average Bonchev–Trinajstić information content (AvgIpc) is 2.56. The van der Waals surface area contributed by atoms with Gasteiger partial charge in [-0.3, -0.25) is 0 Å². The van der Waals surface area contributed by atoms with Crippen LogP contribution in [0.3, 0.4) is 0 Å². The summed E-state index contributed by atoms with van der Waals surface area (Å²) >= 11 is 0. The molecule has 1 saturated heterocycles. The first-order chi connectivity index (χ1) is 8.69. The van der Waals surface area contributed by atoms with E-state index in [1.807, 2.05) is 0 Å². The van der Waals surface area contributed by atoms with Gasteiger partial charge in [-0.15, -0.1) is 0 Å². The maximum absolute atomic E-state index is 13.2. The smallest absolute Gasteiger partial charge is 0.126 e. The second-order valence-corrected chi connectivity index (χ2v) is 5.15. The summed E-state index contributed by atoms with van der Waals surface area (Å²) in [6.07, 6.45) is 2.46. The maximum atomic E-state index is 13.2. The second kappa shape index (κ2) is 4.52. The predicted octanol–water partition coefficient (Wildman–Crippen LogP) is 2.58. The van der Waals surface area contributed by atoms with Crippen LogP contribution in [-0.2, 0) is 4.74 Å². The fraction of sp³-hybridized carbons (Fsp3) is 0.571. The zero-order chi connectivity index (χ0) is 12.6. The molecule has 0 bridgehead atoms. The zero-order valence-electron chi connectivity index (χ0n) is 10.2. The fourth-order valence-electron chi connectivity index (χ4n) is 2.90. The molecular weight excluding hydrogens is 235 g/mol. The van der Waals surface area contributed by atoms with E-state index in [-0.39, 0.29) is 11.4 Å². The van der Waals surface area contributed by atoms with Gasteiger partial charge in [0.15, 0.2) is 0 Å². The molecule has 2 aliphatic heterocycles. The summed E-state index contributed by atoms with van der Waals surface area (Å²) in [4.78, 5) is 0. The van der Waals surface area contributed by atoms with Crippen molar-refractivity contribution < 1.29 is 19.0 Å². The van der Waals surface area contributed by atoms with E-state index in [1.165, 1.54) is 12.1 Å². The van der Waals surface area contributed by atoms with Crippen LogP contribution in [0, 0.1) is 5.82 Å². The topological polar surface area (TPSA) is 38.7 Å². The van der Waals surface area contributed by atoms with Crippen molar-refractivity contribution in [3.63, 3.8) is 0 Å². The Morgan fingerprint density at radius 1 is 1.28 bits per heavy atom. The lowest BCUT2D eigenvalue weighted by Gasteiger charge is -2.40. The van der Waals surface area contributed by atoms with Gasteiger partial charge in [0.1, 0.15) is 17.2 Å². The Labute approximate surface area is 106 Å². The van der Waals surface area contributed by atoms with Gasteiger partial charge in [-0.1, -0.05) is 0 Å². The van der Waals surface area contributed by atoms with Crippen molar-refractivity contribution in [3.05, 3.63) is 29.6 Å². The van der Waals surface area contributed by atoms with Gasteiger partial charge in [0.05, 0.1) is 12.7 Å². The van der Waals surface area contributed by atoms with Gasteiger partial charge in [0, 0.05) is 25.0 Å². The second-order valence-electron chi connectivity index (χ2n) is 5.15.